The summed E-state index contributed by atoms with van der Waals surface area (Å²) >= 11 is 0. The van der Waals surface area contributed by atoms with Crippen LogP contribution in [-0.2, 0) is 4.74 Å². The number of nitriles is 1. The first-order valence-electron chi connectivity index (χ1n) is 5.86. The third-order valence-electron chi connectivity index (χ3n) is 2.57. The Morgan fingerprint density at radius 2 is 2.11 bits per heavy atom. The first-order valence-corrected chi connectivity index (χ1v) is 5.86. The molecule has 1 aromatic carbocycles. The second-order valence-corrected chi connectivity index (χ2v) is 5.25. The van der Waals surface area contributed by atoms with Gasteiger partial charge in [-0.1, -0.05) is 12.1 Å². The second-order valence-electron chi connectivity index (χ2n) is 5.25. The lowest BCUT2D eigenvalue weighted by molar-refractivity contribution is 0.0544. The zero-order valence-electron chi connectivity index (χ0n) is 11.1. The van der Waals surface area contributed by atoms with Crippen molar-refractivity contribution in [1.82, 2.24) is 4.57 Å². The number of aromatic nitrogens is 1. The summed E-state index contributed by atoms with van der Waals surface area (Å²) in [7, 11) is 0. The molecule has 2 N–H and O–H groups in total. The molecule has 0 saturated carbocycles. The van der Waals surface area contributed by atoms with Crippen LogP contribution in [0.2, 0.25) is 0 Å². The van der Waals surface area contributed by atoms with Gasteiger partial charge in [0.05, 0.1) is 16.8 Å². The zero-order chi connectivity index (χ0) is 14.2. The molecule has 0 amide bonds. The van der Waals surface area contributed by atoms with Crippen LogP contribution in [0.3, 0.4) is 0 Å². The Labute approximate surface area is 111 Å². The number of nitrogens with zero attached hydrogens (tertiary/aromatic N) is 2. The van der Waals surface area contributed by atoms with E-state index in [1.807, 2.05) is 0 Å². The number of hydrogen-bond acceptors (Lipinski definition) is 4. The number of rotatable bonds is 0. The van der Waals surface area contributed by atoms with Crippen LogP contribution in [0.15, 0.2) is 24.4 Å². The molecule has 5 heteroatoms. The third kappa shape index (κ3) is 2.38. The highest BCUT2D eigenvalue weighted by atomic mass is 16.6. The Morgan fingerprint density at radius 1 is 1.42 bits per heavy atom. The van der Waals surface area contributed by atoms with E-state index in [1.165, 1.54) is 10.8 Å². The van der Waals surface area contributed by atoms with Gasteiger partial charge >= 0.3 is 6.09 Å². The Morgan fingerprint density at radius 3 is 2.68 bits per heavy atom. The van der Waals surface area contributed by atoms with E-state index < -0.39 is 11.7 Å². The largest absolute Gasteiger partial charge is 0.443 e. The number of para-hydroxylation sites is 1. The maximum Gasteiger partial charge on any atom is 0.419 e. The van der Waals surface area contributed by atoms with Crippen molar-refractivity contribution in [2.45, 2.75) is 26.4 Å². The van der Waals surface area contributed by atoms with Gasteiger partial charge in [0.1, 0.15) is 11.7 Å². The topological polar surface area (TPSA) is 81.0 Å². The fourth-order valence-electron chi connectivity index (χ4n) is 1.85. The van der Waals surface area contributed by atoms with Gasteiger partial charge in [0.15, 0.2) is 0 Å². The van der Waals surface area contributed by atoms with Gasteiger partial charge in [-0.15, -0.1) is 0 Å². The van der Waals surface area contributed by atoms with Crippen molar-refractivity contribution in [3.05, 3.63) is 30.0 Å². The molecule has 0 radical (unpaired) electrons. The van der Waals surface area contributed by atoms with Crippen molar-refractivity contribution < 1.29 is 9.53 Å². The van der Waals surface area contributed by atoms with Crippen LogP contribution in [0.4, 0.5) is 10.5 Å². The van der Waals surface area contributed by atoms with Crippen molar-refractivity contribution in [3.8, 4) is 6.07 Å². The first-order chi connectivity index (χ1) is 8.83. The molecule has 1 heterocycles. The van der Waals surface area contributed by atoms with Crippen LogP contribution >= 0.6 is 0 Å². The molecule has 0 aliphatic rings. The molecule has 0 aliphatic carbocycles. The smallest absolute Gasteiger partial charge is 0.419 e. The molecule has 19 heavy (non-hydrogen) atoms. The maximum atomic E-state index is 12.1. The lowest BCUT2D eigenvalue weighted by Gasteiger charge is -2.19. The molecule has 2 aromatic rings. The molecule has 0 saturated heterocycles. The number of fused-ring (bicyclic) bond motifs is 1. The van der Waals surface area contributed by atoms with Crippen molar-refractivity contribution in [2.75, 3.05) is 5.73 Å². The summed E-state index contributed by atoms with van der Waals surface area (Å²) < 4.78 is 6.59. The lowest BCUT2D eigenvalue weighted by atomic mass is 10.2. The minimum atomic E-state index is -0.607. The number of carbonyl (C=O) groups is 1. The van der Waals surface area contributed by atoms with E-state index in [9.17, 15) is 4.79 Å². The average Bonchev–Trinajstić information content (AvgIpc) is 2.67. The predicted molar refractivity (Wildman–Crippen MR) is 72.7 cm³/mol. The van der Waals surface area contributed by atoms with Crippen LogP contribution in [-0.4, -0.2) is 16.3 Å². The number of hydrogen-bond donors (Lipinski definition) is 1. The van der Waals surface area contributed by atoms with E-state index in [-0.39, 0.29) is 0 Å². The van der Waals surface area contributed by atoms with Crippen molar-refractivity contribution in [2.24, 2.45) is 0 Å². The number of nitrogen functional groups attached to an aromatic ring is 1. The van der Waals surface area contributed by atoms with Crippen LogP contribution in [0, 0.1) is 11.3 Å². The molecule has 0 fully saturated rings. The summed E-state index contributed by atoms with van der Waals surface area (Å²) in [6.07, 6.45) is 0.909. The fourth-order valence-corrected chi connectivity index (χ4v) is 1.85. The molecule has 2 rings (SSSR count). The van der Waals surface area contributed by atoms with Crippen LogP contribution in [0.1, 0.15) is 26.3 Å². The quantitative estimate of drug-likeness (QED) is 0.736. The highest BCUT2D eigenvalue weighted by molar-refractivity contribution is 6.00. The summed E-state index contributed by atoms with van der Waals surface area (Å²) in [5, 5.41) is 9.74. The molecule has 0 unspecified atom stereocenters. The Bertz CT molecular complexity index is 687. The maximum absolute atomic E-state index is 12.1. The SMILES string of the molecule is CC(C)(C)OC(=O)n1cc(C#N)c2cccc(N)c21. The predicted octanol–water partition coefficient (Wildman–Crippen LogP) is 2.88. The average molecular weight is 257 g/mol. The molecule has 5 nitrogen and oxygen atoms in total. The minimum absolute atomic E-state index is 0.396. The van der Waals surface area contributed by atoms with E-state index >= 15 is 0 Å². The Hall–Kier alpha value is -2.48. The van der Waals surface area contributed by atoms with Gasteiger partial charge in [0.2, 0.25) is 0 Å². The zero-order valence-corrected chi connectivity index (χ0v) is 11.1. The normalized spacial score (nSPS) is 11.3. The summed E-state index contributed by atoms with van der Waals surface area (Å²) in [5.41, 5.74) is 6.62. The number of benzene rings is 1. The van der Waals surface area contributed by atoms with Gasteiger partial charge < -0.3 is 10.5 Å². The van der Waals surface area contributed by atoms with E-state index in [2.05, 4.69) is 6.07 Å². The molecule has 1 aromatic heterocycles. The summed E-state index contributed by atoms with van der Waals surface area (Å²) in [6.45, 7) is 5.35. The standard InChI is InChI=1S/C14H15N3O2/c1-14(2,3)19-13(18)17-8-9(7-15)10-5-4-6-11(16)12(10)17/h4-6,8H,16H2,1-3H3. The van der Waals surface area contributed by atoms with Crippen molar-refractivity contribution in [3.63, 3.8) is 0 Å². The first kappa shape index (κ1) is 13.0. The molecular weight excluding hydrogens is 242 g/mol. The molecule has 0 bridgehead atoms. The molecule has 0 atom stereocenters. The van der Waals surface area contributed by atoms with Gasteiger partial charge in [0.25, 0.3) is 0 Å². The van der Waals surface area contributed by atoms with E-state index in [4.69, 9.17) is 15.7 Å². The summed E-state index contributed by atoms with van der Waals surface area (Å²) in [4.78, 5) is 12.1. The highest BCUT2D eigenvalue weighted by Crippen LogP contribution is 2.26. The summed E-state index contributed by atoms with van der Waals surface area (Å²) in [5.74, 6) is 0. The van der Waals surface area contributed by atoms with E-state index in [0.29, 0.717) is 22.2 Å². The monoisotopic (exact) mass is 257 g/mol. The molecular formula is C14H15N3O2. The number of ether oxygens (including phenoxy) is 1. The van der Waals surface area contributed by atoms with Gasteiger partial charge in [-0.3, -0.25) is 0 Å². The van der Waals surface area contributed by atoms with Crippen molar-refractivity contribution >= 4 is 22.7 Å². The molecule has 98 valence electrons. The highest BCUT2D eigenvalue weighted by Gasteiger charge is 2.21. The minimum Gasteiger partial charge on any atom is -0.443 e. The number of anilines is 1. The van der Waals surface area contributed by atoms with Gasteiger partial charge in [-0.05, 0) is 26.8 Å². The number of nitrogens with two attached hydrogens (primary N) is 1. The van der Waals surface area contributed by atoms with Gasteiger partial charge in [-0.25, -0.2) is 9.36 Å². The number of carbonyl (C=O) groups excluding carboxylic acids is 1. The third-order valence-corrected chi connectivity index (χ3v) is 2.57. The Kier molecular flexibility index (Phi) is 2.95. The molecule has 0 aliphatic heterocycles. The Balaban J connectivity index is 2.62. The van der Waals surface area contributed by atoms with E-state index in [0.717, 1.165) is 0 Å². The van der Waals surface area contributed by atoms with E-state index in [1.54, 1.807) is 39.0 Å². The van der Waals surface area contributed by atoms with Crippen LogP contribution in [0.25, 0.3) is 10.9 Å². The summed E-state index contributed by atoms with van der Waals surface area (Å²) in [6, 6.07) is 7.24. The fraction of sp³-hybridized carbons (Fsp3) is 0.286. The van der Waals surface area contributed by atoms with Crippen LogP contribution in [0.5, 0.6) is 0 Å². The second kappa shape index (κ2) is 4.32. The van der Waals surface area contributed by atoms with Crippen molar-refractivity contribution in [1.29, 1.82) is 5.26 Å². The van der Waals surface area contributed by atoms with Gasteiger partial charge in [-0.2, -0.15) is 5.26 Å². The van der Waals surface area contributed by atoms with Crippen LogP contribution < -0.4 is 5.73 Å². The lowest BCUT2D eigenvalue weighted by Crippen LogP contribution is -2.26. The van der Waals surface area contributed by atoms with Gasteiger partial charge in [0, 0.05) is 11.6 Å². The molecule has 0 spiro atoms.